The van der Waals surface area contributed by atoms with Gasteiger partial charge in [-0.3, -0.25) is 9.78 Å². The lowest BCUT2D eigenvalue weighted by molar-refractivity contribution is -0.129. The third-order valence-corrected chi connectivity index (χ3v) is 5.99. The number of likely N-dealkylation sites (tertiary alicyclic amines) is 1. The van der Waals surface area contributed by atoms with E-state index in [0.29, 0.717) is 17.4 Å². The molecule has 1 fully saturated rings. The molecule has 1 aromatic carbocycles. The summed E-state index contributed by atoms with van der Waals surface area (Å²) in [6.07, 6.45) is 5.19. The first-order valence-corrected chi connectivity index (χ1v) is 11.4. The number of hydrogen-bond acceptors (Lipinski definition) is 6. The fourth-order valence-electron chi connectivity index (χ4n) is 4.44. The number of hydrogen-bond donors (Lipinski definition) is 2. The molecule has 0 spiro atoms. The van der Waals surface area contributed by atoms with E-state index in [9.17, 15) is 4.79 Å². The average Bonchev–Trinajstić information content (AvgIpc) is 3.51. The van der Waals surface area contributed by atoms with Crippen LogP contribution in [-0.2, 0) is 4.79 Å². The van der Waals surface area contributed by atoms with Crippen molar-refractivity contribution >= 4 is 16.8 Å². The molecule has 1 saturated heterocycles. The van der Waals surface area contributed by atoms with Gasteiger partial charge >= 0.3 is 0 Å². The summed E-state index contributed by atoms with van der Waals surface area (Å²) >= 11 is 0. The number of amides is 1. The molecule has 0 unspecified atom stereocenters. The lowest BCUT2D eigenvalue weighted by atomic mass is 10.0. The van der Waals surface area contributed by atoms with Crippen LogP contribution < -0.4 is 9.47 Å². The fraction of sp³-hybridized carbons (Fsp3) is 0.269. The maximum Gasteiger partial charge on any atom is 0.219 e. The Hall–Kier alpha value is -3.91. The van der Waals surface area contributed by atoms with Gasteiger partial charge in [0, 0.05) is 42.2 Å². The Morgan fingerprint density at radius 1 is 1.21 bits per heavy atom. The SMILES string of the molecule is CC(=O)N1CCC[C@@H]1c1cc2[nH]c(-c3ccccn3)cc2cc1Oc1ccc(OCCO)nc1. The van der Waals surface area contributed by atoms with E-state index in [-0.39, 0.29) is 25.2 Å². The van der Waals surface area contributed by atoms with Gasteiger partial charge in [0.15, 0.2) is 0 Å². The first-order chi connectivity index (χ1) is 16.6. The largest absolute Gasteiger partial charge is 0.475 e. The Labute approximate surface area is 197 Å². The number of H-pyrrole nitrogens is 1. The molecule has 4 aromatic rings. The molecule has 174 valence electrons. The quantitative estimate of drug-likeness (QED) is 0.424. The van der Waals surface area contributed by atoms with E-state index in [1.807, 2.05) is 29.2 Å². The monoisotopic (exact) mass is 458 g/mol. The molecule has 1 aliphatic rings. The summed E-state index contributed by atoms with van der Waals surface area (Å²) in [5.41, 5.74) is 3.69. The Balaban J connectivity index is 1.54. The molecule has 4 heterocycles. The van der Waals surface area contributed by atoms with Crippen molar-refractivity contribution in [1.82, 2.24) is 19.9 Å². The zero-order valence-corrected chi connectivity index (χ0v) is 18.9. The molecule has 0 bridgehead atoms. The van der Waals surface area contributed by atoms with Gasteiger partial charge in [-0.15, -0.1) is 0 Å². The van der Waals surface area contributed by atoms with Crippen LogP contribution in [0, 0.1) is 0 Å². The number of pyridine rings is 2. The van der Waals surface area contributed by atoms with Crippen LogP contribution >= 0.6 is 0 Å². The van der Waals surface area contributed by atoms with Crippen molar-refractivity contribution in [2.24, 2.45) is 0 Å². The molecule has 34 heavy (non-hydrogen) atoms. The zero-order chi connectivity index (χ0) is 23.5. The van der Waals surface area contributed by atoms with E-state index >= 15 is 0 Å². The molecule has 0 radical (unpaired) electrons. The summed E-state index contributed by atoms with van der Waals surface area (Å²) < 4.78 is 11.6. The first-order valence-electron chi connectivity index (χ1n) is 11.4. The molecule has 3 aromatic heterocycles. The highest BCUT2D eigenvalue weighted by atomic mass is 16.5. The van der Waals surface area contributed by atoms with Gasteiger partial charge in [-0.2, -0.15) is 0 Å². The van der Waals surface area contributed by atoms with Crippen molar-refractivity contribution in [3.05, 3.63) is 66.5 Å². The first kappa shape index (κ1) is 21.9. The standard InChI is InChI=1S/C26H26N4O4/c1-17(32)30-10-4-6-24(30)20-15-22-18(13-23(29-22)21-5-2-3-9-27-21)14-25(20)34-19-7-8-26(28-16-19)33-12-11-31/h2-3,5,7-9,13-16,24,29,31H,4,6,10-12H2,1H3/t24-/m1/s1. The van der Waals surface area contributed by atoms with Gasteiger partial charge in [-0.1, -0.05) is 6.07 Å². The number of carbonyl (C=O) groups excluding carboxylic acids is 1. The van der Waals surface area contributed by atoms with Gasteiger partial charge in [0.05, 0.1) is 30.2 Å². The van der Waals surface area contributed by atoms with Crippen LogP contribution in [0.4, 0.5) is 0 Å². The summed E-state index contributed by atoms with van der Waals surface area (Å²) in [6, 6.07) is 15.4. The van der Waals surface area contributed by atoms with Crippen LogP contribution in [0.15, 0.2) is 60.9 Å². The number of carbonyl (C=O) groups is 1. The molecule has 1 atom stereocenters. The van der Waals surface area contributed by atoms with Crippen LogP contribution in [0.1, 0.15) is 31.4 Å². The number of nitrogens with zero attached hydrogens (tertiary/aromatic N) is 3. The second-order valence-corrected chi connectivity index (χ2v) is 8.25. The third kappa shape index (κ3) is 4.45. The zero-order valence-electron chi connectivity index (χ0n) is 18.9. The Morgan fingerprint density at radius 2 is 2.12 bits per heavy atom. The third-order valence-electron chi connectivity index (χ3n) is 5.99. The van der Waals surface area contributed by atoms with Crippen LogP contribution in [0.25, 0.3) is 22.3 Å². The maximum absolute atomic E-state index is 12.3. The Morgan fingerprint density at radius 3 is 2.85 bits per heavy atom. The molecule has 0 saturated carbocycles. The van der Waals surface area contributed by atoms with Gasteiger partial charge in [-0.25, -0.2) is 4.98 Å². The number of ether oxygens (including phenoxy) is 2. The van der Waals surface area contributed by atoms with E-state index in [1.54, 1.807) is 31.5 Å². The molecule has 2 N–H and O–H groups in total. The van der Waals surface area contributed by atoms with Crippen molar-refractivity contribution in [3.63, 3.8) is 0 Å². The van der Waals surface area contributed by atoms with Gasteiger partial charge in [0.1, 0.15) is 18.1 Å². The second-order valence-electron chi connectivity index (χ2n) is 8.25. The average molecular weight is 459 g/mol. The minimum Gasteiger partial charge on any atom is -0.475 e. The Kier molecular flexibility index (Phi) is 6.14. The number of aromatic nitrogens is 3. The topological polar surface area (TPSA) is 101 Å². The summed E-state index contributed by atoms with van der Waals surface area (Å²) in [4.78, 5) is 26.4. The molecule has 8 heteroatoms. The minimum atomic E-state index is -0.0749. The number of fused-ring (bicyclic) bond motifs is 1. The lowest BCUT2D eigenvalue weighted by Gasteiger charge is -2.25. The molecular weight excluding hydrogens is 432 g/mol. The molecule has 1 aliphatic heterocycles. The summed E-state index contributed by atoms with van der Waals surface area (Å²) in [5.74, 6) is 1.72. The maximum atomic E-state index is 12.3. The predicted molar refractivity (Wildman–Crippen MR) is 128 cm³/mol. The van der Waals surface area contributed by atoms with Gasteiger partial charge in [0.2, 0.25) is 11.8 Å². The minimum absolute atomic E-state index is 0.0567. The van der Waals surface area contributed by atoms with Crippen LogP contribution in [0.3, 0.4) is 0 Å². The van der Waals surface area contributed by atoms with Crippen LogP contribution in [-0.4, -0.2) is 50.6 Å². The normalized spacial score (nSPS) is 15.6. The van der Waals surface area contributed by atoms with E-state index in [4.69, 9.17) is 14.6 Å². The van der Waals surface area contributed by atoms with Gasteiger partial charge in [-0.05, 0) is 49.2 Å². The number of aliphatic hydroxyl groups is 1. The van der Waals surface area contributed by atoms with Gasteiger partial charge in [0.25, 0.3) is 0 Å². The van der Waals surface area contributed by atoms with Crippen molar-refractivity contribution in [1.29, 1.82) is 0 Å². The smallest absolute Gasteiger partial charge is 0.219 e. The summed E-state index contributed by atoms with van der Waals surface area (Å²) in [6.45, 7) is 2.46. The second kappa shape index (κ2) is 9.52. The number of aromatic amines is 1. The number of aliphatic hydroxyl groups excluding tert-OH is 1. The highest BCUT2D eigenvalue weighted by molar-refractivity contribution is 5.88. The van der Waals surface area contributed by atoms with E-state index < -0.39 is 0 Å². The lowest BCUT2D eigenvalue weighted by Crippen LogP contribution is -2.28. The number of rotatable bonds is 7. The van der Waals surface area contributed by atoms with Crippen LogP contribution in [0.2, 0.25) is 0 Å². The highest BCUT2D eigenvalue weighted by Crippen LogP contribution is 2.41. The summed E-state index contributed by atoms with van der Waals surface area (Å²) in [7, 11) is 0. The molecular formula is C26H26N4O4. The van der Waals surface area contributed by atoms with E-state index in [1.165, 1.54) is 0 Å². The molecule has 8 nitrogen and oxygen atoms in total. The Bertz CT molecular complexity index is 1290. The van der Waals surface area contributed by atoms with Crippen molar-refractivity contribution in [3.8, 4) is 28.8 Å². The van der Waals surface area contributed by atoms with Crippen molar-refractivity contribution in [2.75, 3.05) is 19.8 Å². The number of benzene rings is 1. The predicted octanol–water partition coefficient (Wildman–Crippen LogP) is 4.47. The van der Waals surface area contributed by atoms with E-state index in [2.05, 4.69) is 27.1 Å². The molecule has 5 rings (SSSR count). The summed E-state index contributed by atoms with van der Waals surface area (Å²) in [5, 5.41) is 9.91. The van der Waals surface area contributed by atoms with Crippen molar-refractivity contribution in [2.45, 2.75) is 25.8 Å². The molecule has 0 aliphatic carbocycles. The number of nitrogens with one attached hydrogen (secondary N) is 1. The van der Waals surface area contributed by atoms with Crippen molar-refractivity contribution < 1.29 is 19.4 Å². The van der Waals surface area contributed by atoms with Crippen LogP contribution in [0.5, 0.6) is 17.4 Å². The van der Waals surface area contributed by atoms with E-state index in [0.717, 1.165) is 47.2 Å². The fourth-order valence-corrected chi connectivity index (χ4v) is 4.44. The van der Waals surface area contributed by atoms with Gasteiger partial charge < -0.3 is 24.5 Å². The molecule has 1 amide bonds. The highest BCUT2D eigenvalue weighted by Gasteiger charge is 2.31.